The van der Waals surface area contributed by atoms with Crippen molar-refractivity contribution >= 4 is 16.9 Å². The second-order valence-electron chi connectivity index (χ2n) is 5.49. The number of hydrogen-bond donors (Lipinski definition) is 3. The van der Waals surface area contributed by atoms with Crippen molar-refractivity contribution in [2.75, 3.05) is 6.54 Å². The van der Waals surface area contributed by atoms with E-state index < -0.39 is 0 Å². The zero-order valence-corrected chi connectivity index (χ0v) is 11.6. The molecule has 1 aliphatic heterocycles. The molecule has 2 atom stereocenters. The number of benzene rings is 1. The molecule has 1 aromatic heterocycles. The first-order chi connectivity index (χ1) is 9.72. The lowest BCUT2D eigenvalue weighted by Crippen LogP contribution is -2.42. The minimum atomic E-state index is 0.121. The van der Waals surface area contributed by atoms with Gasteiger partial charge in [-0.15, -0.1) is 0 Å². The van der Waals surface area contributed by atoms with Gasteiger partial charge in [-0.3, -0.25) is 4.79 Å². The van der Waals surface area contributed by atoms with Crippen molar-refractivity contribution in [3.8, 4) is 0 Å². The van der Waals surface area contributed by atoms with Crippen molar-refractivity contribution in [2.24, 2.45) is 5.92 Å². The predicted molar refractivity (Wildman–Crippen MR) is 78.1 cm³/mol. The minimum Gasteiger partial charge on any atom is -0.349 e. The Hall–Kier alpha value is -1.88. The number of imidazole rings is 1. The molecule has 0 spiro atoms. The third kappa shape index (κ3) is 2.82. The van der Waals surface area contributed by atoms with Crippen molar-refractivity contribution in [2.45, 2.75) is 32.4 Å². The summed E-state index contributed by atoms with van der Waals surface area (Å²) in [5, 5.41) is 6.35. The molecule has 0 bridgehead atoms. The van der Waals surface area contributed by atoms with E-state index in [0.29, 0.717) is 12.6 Å². The van der Waals surface area contributed by atoms with Crippen LogP contribution in [0.2, 0.25) is 0 Å². The zero-order chi connectivity index (χ0) is 13.9. The molecule has 3 rings (SSSR count). The largest absolute Gasteiger partial charge is 0.349 e. The fourth-order valence-electron chi connectivity index (χ4n) is 2.77. The predicted octanol–water partition coefficient (Wildman–Crippen LogP) is 1.57. The molecule has 3 N–H and O–H groups in total. The fourth-order valence-corrected chi connectivity index (χ4v) is 2.77. The molecule has 106 valence electrons. The van der Waals surface area contributed by atoms with Crippen LogP contribution in [0.25, 0.3) is 11.0 Å². The summed E-state index contributed by atoms with van der Waals surface area (Å²) in [6.45, 7) is 3.51. The number of H-pyrrole nitrogens is 1. The highest BCUT2D eigenvalue weighted by molar-refractivity contribution is 5.79. The SMILES string of the molecule is C[C@H]1C[C@@H](C(=O)NCc2nc3ccccc3[nH]2)CCN1. The molecule has 0 saturated carbocycles. The average Bonchev–Trinajstić information content (AvgIpc) is 2.87. The Morgan fingerprint density at radius 1 is 1.45 bits per heavy atom. The van der Waals surface area contributed by atoms with E-state index in [2.05, 4.69) is 27.5 Å². The number of nitrogens with zero attached hydrogens (tertiary/aromatic N) is 1. The van der Waals surface area contributed by atoms with Crippen LogP contribution in [-0.2, 0) is 11.3 Å². The molecular formula is C15H20N4O. The topological polar surface area (TPSA) is 69.8 Å². The maximum atomic E-state index is 12.2. The molecule has 20 heavy (non-hydrogen) atoms. The summed E-state index contributed by atoms with van der Waals surface area (Å²) in [5.74, 6) is 1.07. The van der Waals surface area contributed by atoms with Crippen LogP contribution in [0.4, 0.5) is 0 Å². The van der Waals surface area contributed by atoms with Crippen molar-refractivity contribution in [1.29, 1.82) is 0 Å². The normalized spacial score (nSPS) is 22.9. The Kier molecular flexibility index (Phi) is 3.69. The Morgan fingerprint density at radius 3 is 3.10 bits per heavy atom. The van der Waals surface area contributed by atoms with E-state index in [1.54, 1.807) is 0 Å². The molecular weight excluding hydrogens is 252 g/mol. The van der Waals surface area contributed by atoms with Crippen LogP contribution in [-0.4, -0.2) is 28.5 Å². The third-order valence-electron chi connectivity index (χ3n) is 3.86. The average molecular weight is 272 g/mol. The van der Waals surface area contributed by atoms with Gasteiger partial charge in [0.1, 0.15) is 5.82 Å². The highest BCUT2D eigenvalue weighted by atomic mass is 16.1. The lowest BCUT2D eigenvalue weighted by Gasteiger charge is -2.26. The van der Waals surface area contributed by atoms with Crippen LogP contribution >= 0.6 is 0 Å². The Morgan fingerprint density at radius 2 is 2.30 bits per heavy atom. The number of para-hydroxylation sites is 2. The summed E-state index contributed by atoms with van der Waals surface area (Å²) in [5.41, 5.74) is 1.94. The molecule has 1 amide bonds. The first-order valence-electron chi connectivity index (χ1n) is 7.17. The van der Waals surface area contributed by atoms with Crippen LogP contribution in [0.5, 0.6) is 0 Å². The molecule has 1 saturated heterocycles. The van der Waals surface area contributed by atoms with Crippen molar-refractivity contribution < 1.29 is 4.79 Å². The Labute approximate surface area is 118 Å². The van der Waals surface area contributed by atoms with Crippen molar-refractivity contribution in [3.05, 3.63) is 30.1 Å². The summed E-state index contributed by atoms with van der Waals surface area (Å²) in [6.07, 6.45) is 1.82. The van der Waals surface area contributed by atoms with Gasteiger partial charge < -0.3 is 15.6 Å². The van der Waals surface area contributed by atoms with E-state index in [-0.39, 0.29) is 11.8 Å². The van der Waals surface area contributed by atoms with E-state index in [9.17, 15) is 4.79 Å². The number of nitrogens with one attached hydrogen (secondary N) is 3. The minimum absolute atomic E-state index is 0.121. The van der Waals surface area contributed by atoms with Crippen molar-refractivity contribution in [1.82, 2.24) is 20.6 Å². The van der Waals surface area contributed by atoms with Crippen LogP contribution < -0.4 is 10.6 Å². The molecule has 0 radical (unpaired) electrons. The highest BCUT2D eigenvalue weighted by Gasteiger charge is 2.24. The molecule has 1 aromatic carbocycles. The van der Waals surface area contributed by atoms with Gasteiger partial charge >= 0.3 is 0 Å². The zero-order valence-electron chi connectivity index (χ0n) is 11.6. The van der Waals surface area contributed by atoms with Gasteiger partial charge in [-0.25, -0.2) is 4.98 Å². The lowest BCUT2D eigenvalue weighted by atomic mass is 9.92. The number of piperidine rings is 1. The van der Waals surface area contributed by atoms with Gasteiger partial charge in [0, 0.05) is 12.0 Å². The smallest absolute Gasteiger partial charge is 0.223 e. The highest BCUT2D eigenvalue weighted by Crippen LogP contribution is 2.16. The Balaban J connectivity index is 1.59. The monoisotopic (exact) mass is 272 g/mol. The number of amides is 1. The lowest BCUT2D eigenvalue weighted by molar-refractivity contribution is -0.126. The van der Waals surface area contributed by atoms with Gasteiger partial charge in [-0.1, -0.05) is 12.1 Å². The van der Waals surface area contributed by atoms with Gasteiger partial charge in [-0.2, -0.15) is 0 Å². The van der Waals surface area contributed by atoms with Crippen LogP contribution in [0.15, 0.2) is 24.3 Å². The molecule has 2 aromatic rings. The Bertz CT molecular complexity index is 574. The summed E-state index contributed by atoms with van der Waals surface area (Å²) < 4.78 is 0. The van der Waals surface area contributed by atoms with E-state index >= 15 is 0 Å². The number of rotatable bonds is 3. The van der Waals surface area contributed by atoms with Crippen LogP contribution in [0.3, 0.4) is 0 Å². The van der Waals surface area contributed by atoms with Gasteiger partial charge in [0.05, 0.1) is 17.6 Å². The maximum absolute atomic E-state index is 12.2. The molecule has 5 heteroatoms. The summed E-state index contributed by atoms with van der Waals surface area (Å²) in [4.78, 5) is 19.8. The van der Waals surface area contributed by atoms with Crippen LogP contribution in [0, 0.1) is 5.92 Å². The first kappa shape index (κ1) is 13.1. The van der Waals surface area contributed by atoms with E-state index in [1.807, 2.05) is 24.3 Å². The van der Waals surface area contributed by atoms with E-state index in [0.717, 1.165) is 36.2 Å². The number of hydrogen-bond acceptors (Lipinski definition) is 3. The van der Waals surface area contributed by atoms with Gasteiger partial charge in [0.2, 0.25) is 5.91 Å². The van der Waals surface area contributed by atoms with Gasteiger partial charge in [0.25, 0.3) is 0 Å². The number of fused-ring (bicyclic) bond motifs is 1. The van der Waals surface area contributed by atoms with E-state index in [4.69, 9.17) is 0 Å². The molecule has 2 heterocycles. The molecule has 0 aliphatic carbocycles. The summed E-state index contributed by atoms with van der Waals surface area (Å²) in [6, 6.07) is 8.31. The van der Waals surface area contributed by atoms with Gasteiger partial charge in [-0.05, 0) is 38.4 Å². The number of aromatic amines is 1. The second-order valence-corrected chi connectivity index (χ2v) is 5.49. The van der Waals surface area contributed by atoms with Gasteiger partial charge in [0.15, 0.2) is 0 Å². The second kappa shape index (κ2) is 5.63. The molecule has 5 nitrogen and oxygen atoms in total. The van der Waals surface area contributed by atoms with Crippen molar-refractivity contribution in [3.63, 3.8) is 0 Å². The standard InChI is InChI=1S/C15H20N4O/c1-10-8-11(6-7-16-10)15(20)17-9-14-18-12-4-2-3-5-13(12)19-14/h2-5,10-11,16H,6-9H2,1H3,(H,17,20)(H,18,19)/t10-,11-/m0/s1. The third-order valence-corrected chi connectivity index (χ3v) is 3.86. The maximum Gasteiger partial charge on any atom is 0.223 e. The van der Waals surface area contributed by atoms with Crippen LogP contribution in [0.1, 0.15) is 25.6 Å². The first-order valence-corrected chi connectivity index (χ1v) is 7.17. The van der Waals surface area contributed by atoms with E-state index in [1.165, 1.54) is 0 Å². The number of carbonyl (C=O) groups is 1. The fraction of sp³-hybridized carbons (Fsp3) is 0.467. The number of aromatic nitrogens is 2. The quantitative estimate of drug-likeness (QED) is 0.794. The number of carbonyl (C=O) groups excluding carboxylic acids is 1. The molecule has 1 aliphatic rings. The summed E-state index contributed by atoms with van der Waals surface area (Å²) >= 11 is 0. The summed E-state index contributed by atoms with van der Waals surface area (Å²) in [7, 11) is 0. The molecule has 1 fully saturated rings. The molecule has 0 unspecified atom stereocenters.